The number of fused-ring (bicyclic) bond motifs is 1. The average Bonchev–Trinajstić information content (AvgIpc) is 3.55. The fourth-order valence-corrected chi connectivity index (χ4v) is 5.40. The summed E-state index contributed by atoms with van der Waals surface area (Å²) in [4.78, 5) is 14.1. The molecule has 0 saturated heterocycles. The van der Waals surface area contributed by atoms with Gasteiger partial charge in [-0.25, -0.2) is 10.2 Å². The van der Waals surface area contributed by atoms with E-state index in [4.69, 9.17) is 11.6 Å². The average molecular weight is 548 g/mol. The summed E-state index contributed by atoms with van der Waals surface area (Å²) >= 11 is 1.11. The maximum atomic E-state index is 14.7. The van der Waals surface area contributed by atoms with Crippen LogP contribution in [0.15, 0.2) is 46.3 Å². The quantitative estimate of drug-likeness (QED) is 0.113. The van der Waals surface area contributed by atoms with Crippen LogP contribution in [-0.2, 0) is 19.8 Å². The Morgan fingerprint density at radius 2 is 2.03 bits per heavy atom. The molecule has 1 fully saturated rings. The van der Waals surface area contributed by atoms with Gasteiger partial charge in [0.2, 0.25) is 0 Å². The molecule has 6 N–H and O–H groups in total. The molecule has 8 nitrogen and oxygen atoms in total. The highest BCUT2D eigenvalue weighted by molar-refractivity contribution is 7.99. The molecule has 0 unspecified atom stereocenters. The molecule has 13 heteroatoms. The highest BCUT2D eigenvalue weighted by atomic mass is 32.2. The van der Waals surface area contributed by atoms with E-state index in [9.17, 15) is 22.4 Å². The molecule has 1 amide bonds. The molecule has 0 radical (unpaired) electrons. The fraction of sp³-hybridized carbons (Fsp3) is 0.280. The van der Waals surface area contributed by atoms with Crippen LogP contribution < -0.4 is 21.9 Å². The first kappa shape index (κ1) is 25.9. The summed E-state index contributed by atoms with van der Waals surface area (Å²) in [5, 5.41) is 10.6. The number of rotatable bonds is 7. The number of anilines is 2. The number of aromatic nitrogens is 3. The minimum Gasteiger partial charge on any atom is -0.397 e. The number of carbonyl (C=O) groups is 1. The summed E-state index contributed by atoms with van der Waals surface area (Å²) in [5.74, 6) is 5.14. The van der Waals surface area contributed by atoms with Crippen molar-refractivity contribution in [2.24, 2.45) is 12.9 Å². The van der Waals surface area contributed by atoms with Crippen LogP contribution in [0.25, 0.3) is 10.9 Å². The minimum atomic E-state index is -4.56. The summed E-state index contributed by atoms with van der Waals surface area (Å²) in [5.41, 5.74) is 6.96. The number of halogens is 4. The van der Waals surface area contributed by atoms with E-state index in [0.29, 0.717) is 32.2 Å². The maximum Gasteiger partial charge on any atom is 0.418 e. The third-order valence-electron chi connectivity index (χ3n) is 6.66. The number of hydrogen-bond acceptors (Lipinski definition) is 6. The molecule has 0 bridgehead atoms. The predicted molar refractivity (Wildman–Crippen MR) is 137 cm³/mol. The summed E-state index contributed by atoms with van der Waals surface area (Å²) in [7, 11) is 1.68. The van der Waals surface area contributed by atoms with Crippen molar-refractivity contribution >= 4 is 39.9 Å². The smallest absolute Gasteiger partial charge is 0.397 e. The second-order valence-corrected chi connectivity index (χ2v) is 10.3. The van der Waals surface area contributed by atoms with Crippen LogP contribution in [0.1, 0.15) is 40.2 Å². The van der Waals surface area contributed by atoms with Gasteiger partial charge in [0.15, 0.2) is 0 Å². The van der Waals surface area contributed by atoms with Crippen molar-refractivity contribution < 1.29 is 22.4 Å². The van der Waals surface area contributed by atoms with E-state index in [1.807, 2.05) is 0 Å². The van der Waals surface area contributed by atoms with E-state index in [-0.39, 0.29) is 29.4 Å². The van der Waals surface area contributed by atoms with Gasteiger partial charge in [-0.05, 0) is 50.1 Å². The van der Waals surface area contributed by atoms with E-state index in [0.717, 1.165) is 30.7 Å². The number of nitrogen functional groups attached to an aromatic ring is 1. The second-order valence-electron chi connectivity index (χ2n) is 9.23. The number of amides is 1. The topological polar surface area (TPSA) is 118 Å². The summed E-state index contributed by atoms with van der Waals surface area (Å²) in [6.45, 7) is 1.61. The zero-order valence-corrected chi connectivity index (χ0v) is 21.3. The van der Waals surface area contributed by atoms with Crippen LogP contribution in [-0.4, -0.2) is 26.7 Å². The van der Waals surface area contributed by atoms with Gasteiger partial charge in [0.05, 0.1) is 28.7 Å². The van der Waals surface area contributed by atoms with Crippen molar-refractivity contribution in [3.63, 3.8) is 0 Å². The van der Waals surface area contributed by atoms with Gasteiger partial charge in [-0.15, -0.1) is 0 Å². The predicted octanol–water partition coefficient (Wildman–Crippen LogP) is 4.87. The molecule has 2 aromatic heterocycles. The Labute approximate surface area is 219 Å². The zero-order chi connectivity index (χ0) is 27.4. The lowest BCUT2D eigenvalue weighted by atomic mass is 10.1. The van der Waals surface area contributed by atoms with E-state index in [2.05, 4.69) is 15.5 Å². The van der Waals surface area contributed by atoms with Gasteiger partial charge in [0, 0.05) is 46.1 Å². The minimum absolute atomic E-state index is 0.0720. The molecule has 1 aliphatic rings. The second kappa shape index (κ2) is 9.55. The SMILES string of the molecule is Cc1c(Sc2cc(C(F)(F)F)c3[nH]ncc3c2)cc(C(=O)NCc2c(F)ccc(N)c2N(N)C2CC2)n1C. The van der Waals surface area contributed by atoms with Crippen LogP contribution in [0.2, 0.25) is 0 Å². The third kappa shape index (κ3) is 4.78. The summed E-state index contributed by atoms with van der Waals surface area (Å²) < 4.78 is 57.2. The lowest BCUT2D eigenvalue weighted by molar-refractivity contribution is -0.136. The number of carbonyl (C=O) groups excluding carboxylic acids is 1. The van der Waals surface area contributed by atoms with Crippen molar-refractivity contribution in [2.45, 2.75) is 48.3 Å². The molecule has 0 atom stereocenters. The van der Waals surface area contributed by atoms with E-state index >= 15 is 0 Å². The van der Waals surface area contributed by atoms with E-state index in [1.54, 1.807) is 30.7 Å². The molecule has 1 saturated carbocycles. The number of alkyl halides is 3. The van der Waals surface area contributed by atoms with Crippen LogP contribution in [0.4, 0.5) is 28.9 Å². The van der Waals surface area contributed by atoms with Crippen molar-refractivity contribution in [1.82, 2.24) is 20.1 Å². The van der Waals surface area contributed by atoms with Gasteiger partial charge in [-0.1, -0.05) is 11.8 Å². The first-order valence-electron chi connectivity index (χ1n) is 11.7. The standard InChI is InChI=1S/C25H25F4N7OS/c1-12-21(38-15-7-13-10-33-34-22(13)17(8-15)25(27,28)29)9-20(35(12)2)24(37)32-11-16-18(26)5-6-19(30)23(16)36(31)14-3-4-14/h5-10,14H,3-4,11,30-31H2,1-2H3,(H,32,37)(H,33,34). The number of benzene rings is 2. The Kier molecular flexibility index (Phi) is 6.51. The normalized spacial score (nSPS) is 13.8. The molecule has 2 heterocycles. The number of aromatic amines is 1. The van der Waals surface area contributed by atoms with Gasteiger partial charge in [0.25, 0.3) is 5.91 Å². The highest BCUT2D eigenvalue weighted by Gasteiger charge is 2.34. The van der Waals surface area contributed by atoms with Gasteiger partial charge in [-0.3, -0.25) is 9.89 Å². The molecule has 0 spiro atoms. The Hall–Kier alpha value is -3.71. The fourth-order valence-electron chi connectivity index (χ4n) is 4.33. The first-order chi connectivity index (χ1) is 18.0. The number of nitrogens with two attached hydrogens (primary N) is 2. The van der Waals surface area contributed by atoms with Crippen molar-refractivity contribution in [1.29, 1.82) is 0 Å². The number of H-pyrrole nitrogens is 1. The van der Waals surface area contributed by atoms with Crippen LogP contribution in [0.3, 0.4) is 0 Å². The third-order valence-corrected chi connectivity index (χ3v) is 7.76. The molecule has 4 aromatic rings. The monoisotopic (exact) mass is 547 g/mol. The largest absolute Gasteiger partial charge is 0.418 e. The van der Waals surface area contributed by atoms with Gasteiger partial charge in [0.1, 0.15) is 11.5 Å². The molecule has 0 aliphatic heterocycles. The van der Waals surface area contributed by atoms with Crippen LogP contribution in [0, 0.1) is 12.7 Å². The number of hydrogen-bond donors (Lipinski definition) is 4. The van der Waals surface area contributed by atoms with Gasteiger partial charge < -0.3 is 20.6 Å². The van der Waals surface area contributed by atoms with Crippen molar-refractivity contribution in [3.05, 3.63) is 64.9 Å². The highest BCUT2D eigenvalue weighted by Crippen LogP contribution is 2.40. The zero-order valence-electron chi connectivity index (χ0n) is 20.5. The lowest BCUT2D eigenvalue weighted by Crippen LogP contribution is -2.36. The number of nitrogens with zero attached hydrogens (tertiary/aromatic N) is 3. The lowest BCUT2D eigenvalue weighted by Gasteiger charge is -2.24. The molecular formula is C25H25F4N7OS. The molecule has 38 heavy (non-hydrogen) atoms. The van der Waals surface area contributed by atoms with Crippen LogP contribution >= 0.6 is 11.8 Å². The van der Waals surface area contributed by atoms with Gasteiger partial charge >= 0.3 is 6.18 Å². The molecule has 200 valence electrons. The van der Waals surface area contributed by atoms with Crippen LogP contribution in [0.5, 0.6) is 0 Å². The van der Waals surface area contributed by atoms with E-state index in [1.165, 1.54) is 23.3 Å². The molecule has 1 aliphatic carbocycles. The Morgan fingerprint density at radius 3 is 2.71 bits per heavy atom. The summed E-state index contributed by atoms with van der Waals surface area (Å²) in [6, 6.07) is 7.00. The Bertz CT molecular complexity index is 1540. The van der Waals surface area contributed by atoms with Gasteiger partial charge in [-0.2, -0.15) is 18.3 Å². The Morgan fingerprint density at radius 1 is 1.29 bits per heavy atom. The molecule has 5 rings (SSSR count). The molecular weight excluding hydrogens is 522 g/mol. The Balaban J connectivity index is 1.39. The van der Waals surface area contributed by atoms with Crippen molar-refractivity contribution in [3.8, 4) is 0 Å². The molecule has 2 aromatic carbocycles. The first-order valence-corrected chi connectivity index (χ1v) is 12.5. The number of nitrogens with one attached hydrogen (secondary N) is 2. The summed E-state index contributed by atoms with van der Waals surface area (Å²) in [6.07, 6.45) is -1.48. The maximum absolute atomic E-state index is 14.7. The van der Waals surface area contributed by atoms with E-state index < -0.39 is 23.5 Å². The number of hydrazine groups is 1. The van der Waals surface area contributed by atoms with Crippen molar-refractivity contribution in [2.75, 3.05) is 10.7 Å².